The first-order valence-corrected chi connectivity index (χ1v) is 10.3. The van der Waals surface area contributed by atoms with Gasteiger partial charge < -0.3 is 25.0 Å². The van der Waals surface area contributed by atoms with Gasteiger partial charge in [-0.2, -0.15) is 11.3 Å². The van der Waals surface area contributed by atoms with Crippen LogP contribution in [0.4, 0.5) is 10.5 Å². The second-order valence-corrected chi connectivity index (χ2v) is 7.63. The van der Waals surface area contributed by atoms with Crippen LogP contribution in [0.3, 0.4) is 0 Å². The lowest BCUT2D eigenvalue weighted by molar-refractivity contribution is 0.111. The Morgan fingerprint density at radius 2 is 1.82 bits per heavy atom. The number of amides is 2. The van der Waals surface area contributed by atoms with E-state index in [1.807, 2.05) is 0 Å². The van der Waals surface area contributed by atoms with Crippen LogP contribution in [-0.4, -0.2) is 69.8 Å². The Kier molecular flexibility index (Phi) is 7.13. The average Bonchev–Trinajstić information content (AvgIpc) is 3.23. The summed E-state index contributed by atoms with van der Waals surface area (Å²) in [6, 6.07) is 7.36. The van der Waals surface area contributed by atoms with Gasteiger partial charge in [0.2, 0.25) is 0 Å². The Morgan fingerprint density at radius 1 is 1.14 bits per heavy atom. The fourth-order valence-electron chi connectivity index (χ4n) is 3.30. The molecular formula is C20H28N4O3S. The number of piperazine rings is 1. The van der Waals surface area contributed by atoms with Crippen LogP contribution in [0.1, 0.15) is 11.6 Å². The second kappa shape index (κ2) is 9.77. The molecule has 7 nitrogen and oxygen atoms in total. The van der Waals surface area contributed by atoms with Crippen molar-refractivity contribution >= 4 is 23.1 Å². The largest absolute Gasteiger partial charge is 0.497 e. The van der Waals surface area contributed by atoms with Crippen molar-refractivity contribution in [2.75, 3.05) is 59.3 Å². The molecule has 1 aromatic heterocycles. The Bertz CT molecular complexity index is 739. The standard InChI is InChI=1S/C20H28N4O3S/c1-23-5-7-24(8-6-23)19(15-4-9-28-14-15)13-21-20(25)22-16-10-17(26-2)12-18(11-16)27-3/h4,9-12,14,19H,5-8,13H2,1-3H3,(H2,21,22,25). The molecule has 0 aliphatic carbocycles. The lowest BCUT2D eigenvalue weighted by Crippen LogP contribution is -2.48. The lowest BCUT2D eigenvalue weighted by Gasteiger charge is -2.37. The number of thiophene rings is 1. The van der Waals surface area contributed by atoms with Crippen LogP contribution >= 0.6 is 11.3 Å². The van der Waals surface area contributed by atoms with Gasteiger partial charge in [-0.15, -0.1) is 0 Å². The van der Waals surface area contributed by atoms with Gasteiger partial charge in [0.15, 0.2) is 0 Å². The van der Waals surface area contributed by atoms with Crippen molar-refractivity contribution in [2.45, 2.75) is 6.04 Å². The molecule has 2 aromatic rings. The number of nitrogens with zero attached hydrogens (tertiary/aromatic N) is 2. The second-order valence-electron chi connectivity index (χ2n) is 6.85. The number of carbonyl (C=O) groups excluding carboxylic acids is 1. The predicted octanol–water partition coefficient (Wildman–Crippen LogP) is 2.88. The van der Waals surface area contributed by atoms with Gasteiger partial charge in [0, 0.05) is 56.6 Å². The van der Waals surface area contributed by atoms with Crippen LogP contribution in [0.5, 0.6) is 11.5 Å². The summed E-state index contributed by atoms with van der Waals surface area (Å²) in [5.74, 6) is 1.26. The fraction of sp³-hybridized carbons (Fsp3) is 0.450. The van der Waals surface area contributed by atoms with E-state index in [0.717, 1.165) is 26.2 Å². The van der Waals surface area contributed by atoms with Crippen LogP contribution in [0.2, 0.25) is 0 Å². The minimum Gasteiger partial charge on any atom is -0.497 e. The topological polar surface area (TPSA) is 66.1 Å². The molecule has 0 bridgehead atoms. The Balaban J connectivity index is 1.62. The normalized spacial score (nSPS) is 16.4. The molecule has 0 radical (unpaired) electrons. The number of rotatable bonds is 7. The van der Waals surface area contributed by atoms with E-state index in [9.17, 15) is 4.79 Å². The van der Waals surface area contributed by atoms with Gasteiger partial charge in [0.25, 0.3) is 0 Å². The molecule has 2 N–H and O–H groups in total. The minimum atomic E-state index is -0.246. The molecule has 1 saturated heterocycles. The van der Waals surface area contributed by atoms with Crippen LogP contribution in [-0.2, 0) is 0 Å². The molecule has 1 atom stereocenters. The molecule has 2 heterocycles. The highest BCUT2D eigenvalue weighted by molar-refractivity contribution is 7.07. The number of benzene rings is 1. The lowest BCUT2D eigenvalue weighted by atomic mass is 10.1. The maximum Gasteiger partial charge on any atom is 0.319 e. The molecule has 3 rings (SSSR count). The van der Waals surface area contributed by atoms with Crippen molar-refractivity contribution in [3.8, 4) is 11.5 Å². The molecule has 1 aromatic carbocycles. The molecule has 1 fully saturated rings. The van der Waals surface area contributed by atoms with Gasteiger partial charge in [-0.25, -0.2) is 4.79 Å². The zero-order valence-corrected chi connectivity index (χ0v) is 17.4. The highest BCUT2D eigenvalue weighted by Gasteiger charge is 2.24. The van der Waals surface area contributed by atoms with E-state index < -0.39 is 0 Å². The number of carbonyl (C=O) groups is 1. The number of ether oxygens (including phenoxy) is 2. The molecule has 152 valence electrons. The SMILES string of the molecule is COc1cc(NC(=O)NCC(c2ccsc2)N2CCN(C)CC2)cc(OC)c1. The van der Waals surface area contributed by atoms with Crippen molar-refractivity contribution in [1.82, 2.24) is 15.1 Å². The molecule has 8 heteroatoms. The highest BCUT2D eigenvalue weighted by atomic mass is 32.1. The van der Waals surface area contributed by atoms with Crippen molar-refractivity contribution in [3.05, 3.63) is 40.6 Å². The first kappa shape index (κ1) is 20.4. The van der Waals surface area contributed by atoms with E-state index in [0.29, 0.717) is 23.7 Å². The quantitative estimate of drug-likeness (QED) is 0.743. The van der Waals surface area contributed by atoms with E-state index in [2.05, 4.69) is 44.3 Å². The first-order valence-electron chi connectivity index (χ1n) is 9.31. The smallest absolute Gasteiger partial charge is 0.319 e. The minimum absolute atomic E-state index is 0.172. The Morgan fingerprint density at radius 3 is 2.39 bits per heavy atom. The maximum absolute atomic E-state index is 12.5. The van der Waals surface area contributed by atoms with Gasteiger partial charge >= 0.3 is 6.03 Å². The van der Waals surface area contributed by atoms with Crippen molar-refractivity contribution < 1.29 is 14.3 Å². The summed E-state index contributed by atoms with van der Waals surface area (Å²) < 4.78 is 10.5. The van der Waals surface area contributed by atoms with Gasteiger partial charge in [0.05, 0.1) is 20.3 Å². The summed E-state index contributed by atoms with van der Waals surface area (Å²) in [4.78, 5) is 17.3. The third kappa shape index (κ3) is 5.37. The number of nitrogens with one attached hydrogen (secondary N) is 2. The van der Waals surface area contributed by atoms with Crippen molar-refractivity contribution in [1.29, 1.82) is 0 Å². The Labute approximate surface area is 170 Å². The molecule has 0 saturated carbocycles. The zero-order chi connectivity index (χ0) is 19.9. The van der Waals surface area contributed by atoms with Crippen LogP contribution < -0.4 is 20.1 Å². The summed E-state index contributed by atoms with van der Waals surface area (Å²) in [6.45, 7) is 4.61. The van der Waals surface area contributed by atoms with E-state index in [4.69, 9.17) is 9.47 Å². The third-order valence-corrected chi connectivity index (χ3v) is 5.67. The summed E-state index contributed by atoms with van der Waals surface area (Å²) in [6.07, 6.45) is 0. The number of anilines is 1. The molecule has 1 aliphatic heterocycles. The molecule has 0 spiro atoms. The molecular weight excluding hydrogens is 376 g/mol. The van der Waals surface area contributed by atoms with E-state index in [1.165, 1.54) is 5.56 Å². The van der Waals surface area contributed by atoms with E-state index in [1.54, 1.807) is 43.8 Å². The summed E-state index contributed by atoms with van der Waals surface area (Å²) >= 11 is 1.68. The molecule has 1 unspecified atom stereocenters. The molecule has 2 amide bonds. The number of hydrogen-bond donors (Lipinski definition) is 2. The zero-order valence-electron chi connectivity index (χ0n) is 16.6. The fourth-order valence-corrected chi connectivity index (χ4v) is 4.01. The van der Waals surface area contributed by atoms with E-state index >= 15 is 0 Å². The number of likely N-dealkylation sites (N-methyl/N-ethyl adjacent to an activating group) is 1. The van der Waals surface area contributed by atoms with Gasteiger partial charge in [-0.1, -0.05) is 0 Å². The van der Waals surface area contributed by atoms with E-state index in [-0.39, 0.29) is 12.1 Å². The number of methoxy groups -OCH3 is 2. The predicted molar refractivity (Wildman–Crippen MR) is 113 cm³/mol. The number of urea groups is 1. The molecule has 28 heavy (non-hydrogen) atoms. The summed E-state index contributed by atoms with van der Waals surface area (Å²) in [7, 11) is 5.31. The van der Waals surface area contributed by atoms with Crippen LogP contribution in [0.25, 0.3) is 0 Å². The van der Waals surface area contributed by atoms with Crippen LogP contribution in [0, 0.1) is 0 Å². The summed E-state index contributed by atoms with van der Waals surface area (Å²) in [5.41, 5.74) is 1.87. The van der Waals surface area contributed by atoms with Crippen molar-refractivity contribution in [2.24, 2.45) is 0 Å². The Hall–Kier alpha value is -2.29. The summed E-state index contributed by atoms with van der Waals surface area (Å²) in [5, 5.41) is 10.1. The van der Waals surface area contributed by atoms with Crippen LogP contribution in [0.15, 0.2) is 35.0 Å². The third-order valence-electron chi connectivity index (χ3n) is 4.97. The highest BCUT2D eigenvalue weighted by Crippen LogP contribution is 2.26. The van der Waals surface area contributed by atoms with Crippen molar-refractivity contribution in [3.63, 3.8) is 0 Å². The maximum atomic E-state index is 12.5. The van der Waals surface area contributed by atoms with Gasteiger partial charge in [0.1, 0.15) is 11.5 Å². The van der Waals surface area contributed by atoms with Gasteiger partial charge in [-0.05, 0) is 29.4 Å². The number of hydrogen-bond acceptors (Lipinski definition) is 6. The van der Waals surface area contributed by atoms with Gasteiger partial charge in [-0.3, -0.25) is 4.90 Å². The monoisotopic (exact) mass is 404 g/mol. The molecule has 1 aliphatic rings. The first-order chi connectivity index (χ1) is 13.6. The average molecular weight is 405 g/mol.